The Morgan fingerprint density at radius 3 is 2.54 bits per heavy atom. The zero-order valence-corrected chi connectivity index (χ0v) is 12.3. The lowest BCUT2D eigenvalue weighted by Gasteiger charge is -2.38. The van der Waals surface area contributed by atoms with Crippen LogP contribution in [0.2, 0.25) is 0 Å². The minimum atomic E-state index is -1.67. The molecular formula is C15H16O9. The molecule has 1 aromatic heterocycles. The molecule has 1 fully saturated rings. The van der Waals surface area contributed by atoms with Crippen molar-refractivity contribution in [1.82, 2.24) is 0 Å². The third-order valence-electron chi connectivity index (χ3n) is 3.79. The summed E-state index contributed by atoms with van der Waals surface area (Å²) in [4.78, 5) is 11.1. The minimum absolute atomic E-state index is 0.0299. The Hall–Kier alpha value is -2.17. The number of hydrogen-bond donors (Lipinski definition) is 5. The molecule has 1 aromatic carbocycles. The summed E-state index contributed by atoms with van der Waals surface area (Å²) in [5, 5.41) is 48.7. The van der Waals surface area contributed by atoms with Gasteiger partial charge in [-0.2, -0.15) is 0 Å². The van der Waals surface area contributed by atoms with Gasteiger partial charge in [-0.25, -0.2) is 4.79 Å². The zero-order chi connectivity index (χ0) is 17.4. The fourth-order valence-corrected chi connectivity index (χ4v) is 2.44. The van der Waals surface area contributed by atoms with Crippen molar-refractivity contribution >= 4 is 11.0 Å². The summed E-state index contributed by atoms with van der Waals surface area (Å²) in [7, 11) is 0. The maximum absolute atomic E-state index is 11.1. The fraction of sp³-hybridized carbons (Fsp3) is 0.400. The highest BCUT2D eigenvalue weighted by molar-refractivity contribution is 5.80. The summed E-state index contributed by atoms with van der Waals surface area (Å²) in [6.45, 7) is -0.308. The van der Waals surface area contributed by atoms with Gasteiger partial charge in [-0.05, 0) is 12.1 Å². The first kappa shape index (κ1) is 16.7. The summed E-state index contributed by atoms with van der Waals surface area (Å²) < 4.78 is 15.3. The molecule has 3 rings (SSSR count). The van der Waals surface area contributed by atoms with Gasteiger partial charge >= 0.3 is 5.63 Å². The molecule has 0 saturated carbocycles. The largest absolute Gasteiger partial charge is 0.504 e. The van der Waals surface area contributed by atoms with Crippen LogP contribution in [-0.2, 0) is 4.74 Å². The zero-order valence-electron chi connectivity index (χ0n) is 12.3. The lowest BCUT2D eigenvalue weighted by atomic mass is 9.99. The molecule has 9 nitrogen and oxygen atoms in total. The quantitative estimate of drug-likeness (QED) is 0.429. The average Bonchev–Trinajstić information content (AvgIpc) is 2.55. The van der Waals surface area contributed by atoms with E-state index in [0.717, 1.165) is 0 Å². The number of hydrogen-bond acceptors (Lipinski definition) is 9. The van der Waals surface area contributed by atoms with E-state index in [0.29, 0.717) is 5.39 Å². The maximum Gasteiger partial charge on any atom is 0.336 e. The summed E-state index contributed by atoms with van der Waals surface area (Å²) in [5.41, 5.74) is -0.383. The van der Waals surface area contributed by atoms with Crippen LogP contribution in [0.3, 0.4) is 0 Å². The van der Waals surface area contributed by atoms with Crippen LogP contribution in [0, 0.1) is 0 Å². The molecule has 24 heavy (non-hydrogen) atoms. The van der Waals surface area contributed by atoms with Crippen LogP contribution in [-0.4, -0.2) is 62.8 Å². The van der Waals surface area contributed by atoms with Crippen LogP contribution in [0.15, 0.2) is 33.5 Å². The van der Waals surface area contributed by atoms with Crippen LogP contribution in [0.5, 0.6) is 11.5 Å². The van der Waals surface area contributed by atoms with Gasteiger partial charge in [0.2, 0.25) is 0 Å². The molecule has 0 radical (unpaired) electrons. The van der Waals surface area contributed by atoms with Gasteiger partial charge < -0.3 is 39.4 Å². The van der Waals surface area contributed by atoms with Crippen LogP contribution in [0.25, 0.3) is 11.0 Å². The van der Waals surface area contributed by atoms with Gasteiger partial charge in [0.15, 0.2) is 17.8 Å². The van der Waals surface area contributed by atoms with Crippen LogP contribution in [0.4, 0.5) is 0 Å². The summed E-state index contributed by atoms with van der Waals surface area (Å²) in [6.07, 6.45) is -7.50. The van der Waals surface area contributed by atoms with Gasteiger partial charge in [0.05, 0.1) is 0 Å². The number of fused-ring (bicyclic) bond motifs is 1. The van der Waals surface area contributed by atoms with Gasteiger partial charge in [-0.15, -0.1) is 0 Å². The van der Waals surface area contributed by atoms with Crippen molar-refractivity contribution in [3.8, 4) is 11.5 Å². The first-order valence-corrected chi connectivity index (χ1v) is 7.14. The Bertz CT molecular complexity index is 786. The maximum atomic E-state index is 11.1. The van der Waals surface area contributed by atoms with Crippen molar-refractivity contribution in [2.45, 2.75) is 30.7 Å². The van der Waals surface area contributed by atoms with Crippen molar-refractivity contribution in [3.05, 3.63) is 34.7 Å². The minimum Gasteiger partial charge on any atom is -0.504 e. The number of benzene rings is 1. The van der Waals surface area contributed by atoms with E-state index in [-0.39, 0.29) is 23.7 Å². The van der Waals surface area contributed by atoms with E-state index >= 15 is 0 Å². The highest BCUT2D eigenvalue weighted by atomic mass is 16.6. The standard InChI is InChI=1S/C15H16O9/c16-7-4-8-6(1-2-11(17)23-8)3-9(7)22-5-10-12(18)13(19)14(20)15(21)24-10/h1-4,10,12-16,18-21H,5H2. The number of phenols is 1. The van der Waals surface area contributed by atoms with E-state index in [9.17, 15) is 30.3 Å². The molecule has 0 amide bonds. The lowest BCUT2D eigenvalue weighted by molar-refractivity contribution is -0.285. The van der Waals surface area contributed by atoms with E-state index in [1.54, 1.807) is 0 Å². The van der Waals surface area contributed by atoms with Gasteiger partial charge in [-0.1, -0.05) is 0 Å². The Morgan fingerprint density at radius 2 is 1.79 bits per heavy atom. The molecule has 0 spiro atoms. The molecule has 5 atom stereocenters. The fourth-order valence-electron chi connectivity index (χ4n) is 2.44. The Labute approximate surface area is 134 Å². The van der Waals surface area contributed by atoms with Gasteiger partial charge in [0, 0.05) is 17.5 Å². The highest BCUT2D eigenvalue weighted by Gasteiger charge is 2.43. The molecule has 1 aliphatic heterocycles. The monoisotopic (exact) mass is 340 g/mol. The smallest absolute Gasteiger partial charge is 0.336 e. The number of aliphatic hydroxyl groups is 4. The van der Waals surface area contributed by atoms with E-state index < -0.39 is 36.3 Å². The first-order chi connectivity index (χ1) is 11.4. The second-order valence-corrected chi connectivity index (χ2v) is 5.46. The number of aliphatic hydroxyl groups excluding tert-OH is 4. The first-order valence-electron chi connectivity index (χ1n) is 7.14. The van der Waals surface area contributed by atoms with Crippen LogP contribution in [0.1, 0.15) is 0 Å². The molecular weight excluding hydrogens is 324 g/mol. The summed E-state index contributed by atoms with van der Waals surface area (Å²) >= 11 is 0. The van der Waals surface area contributed by atoms with Gasteiger partial charge in [0.1, 0.15) is 36.6 Å². The van der Waals surface area contributed by atoms with E-state index in [4.69, 9.17) is 13.9 Å². The van der Waals surface area contributed by atoms with Crippen LogP contribution >= 0.6 is 0 Å². The highest BCUT2D eigenvalue weighted by Crippen LogP contribution is 2.31. The second-order valence-electron chi connectivity index (χ2n) is 5.46. The second kappa shape index (κ2) is 6.38. The molecule has 1 saturated heterocycles. The van der Waals surface area contributed by atoms with Gasteiger partial charge in [-0.3, -0.25) is 0 Å². The molecule has 5 N–H and O–H groups in total. The van der Waals surface area contributed by atoms with Crippen molar-refractivity contribution in [3.63, 3.8) is 0 Å². The predicted molar refractivity (Wildman–Crippen MR) is 78.5 cm³/mol. The average molecular weight is 340 g/mol. The molecule has 2 aromatic rings. The van der Waals surface area contributed by atoms with Crippen molar-refractivity contribution in [2.75, 3.05) is 6.61 Å². The molecule has 130 valence electrons. The molecule has 2 heterocycles. The summed E-state index contributed by atoms with van der Waals surface area (Å²) in [6, 6.07) is 5.33. The van der Waals surface area contributed by atoms with Crippen molar-refractivity contribution in [1.29, 1.82) is 0 Å². The number of ether oxygens (including phenoxy) is 2. The third kappa shape index (κ3) is 3.07. The van der Waals surface area contributed by atoms with Crippen molar-refractivity contribution in [2.24, 2.45) is 0 Å². The van der Waals surface area contributed by atoms with E-state index in [2.05, 4.69) is 0 Å². The van der Waals surface area contributed by atoms with Crippen LogP contribution < -0.4 is 10.4 Å². The SMILES string of the molecule is O=c1ccc2cc(OCC3OC(O)C(O)C(O)C3O)c(O)cc2o1. The normalized spacial score (nSPS) is 30.4. The molecule has 5 unspecified atom stereocenters. The Morgan fingerprint density at radius 1 is 1.04 bits per heavy atom. The van der Waals surface area contributed by atoms with Crippen molar-refractivity contribution < 1.29 is 39.4 Å². The molecule has 0 aliphatic carbocycles. The Kier molecular flexibility index (Phi) is 4.43. The van der Waals surface area contributed by atoms with E-state index in [1.807, 2.05) is 0 Å². The Balaban J connectivity index is 1.77. The number of rotatable bonds is 3. The predicted octanol–water partition coefficient (Wildman–Crippen LogP) is -1.32. The summed E-state index contributed by atoms with van der Waals surface area (Å²) in [5.74, 6) is -0.273. The number of aromatic hydroxyl groups is 1. The third-order valence-corrected chi connectivity index (χ3v) is 3.79. The topological polar surface area (TPSA) is 150 Å². The molecule has 1 aliphatic rings. The molecule has 9 heteroatoms. The molecule has 0 bridgehead atoms. The van der Waals surface area contributed by atoms with E-state index in [1.165, 1.54) is 24.3 Å². The van der Waals surface area contributed by atoms with Gasteiger partial charge in [0.25, 0.3) is 0 Å². The lowest BCUT2D eigenvalue weighted by Crippen LogP contribution is -2.58. The number of phenolic OH excluding ortho intramolecular Hbond substituents is 1.